The van der Waals surface area contributed by atoms with Crippen LogP contribution in [0.15, 0.2) is 54.6 Å². The van der Waals surface area contributed by atoms with Crippen molar-refractivity contribution in [2.75, 3.05) is 0 Å². The number of carbonyl (C=O) groups is 1. The summed E-state index contributed by atoms with van der Waals surface area (Å²) < 4.78 is 0. The van der Waals surface area contributed by atoms with Gasteiger partial charge in [0.25, 0.3) is 0 Å². The normalized spacial score (nSPS) is 11.7. The van der Waals surface area contributed by atoms with Gasteiger partial charge in [0.2, 0.25) is 0 Å². The number of carbonyl (C=O) groups excluding carboxylic acids is 1. The summed E-state index contributed by atoms with van der Waals surface area (Å²) >= 11 is 5.94. The number of rotatable bonds is 4. The summed E-state index contributed by atoms with van der Waals surface area (Å²) in [5, 5.41) is 6.38. The molecule has 2 amide bonds. The summed E-state index contributed by atoms with van der Waals surface area (Å²) in [5.41, 5.74) is 2.05. The third-order valence-electron chi connectivity index (χ3n) is 2.99. The second-order valence-corrected chi connectivity index (χ2v) is 5.03. The minimum absolute atomic E-state index is 0.0931. The Labute approximate surface area is 124 Å². The lowest BCUT2D eigenvalue weighted by Crippen LogP contribution is -2.36. The van der Waals surface area contributed by atoms with E-state index in [1.165, 1.54) is 0 Å². The third-order valence-corrected chi connectivity index (χ3v) is 3.23. The minimum atomic E-state index is -0.193. The van der Waals surface area contributed by atoms with Crippen molar-refractivity contribution in [2.45, 2.75) is 19.5 Å². The molecular weight excluding hydrogens is 272 g/mol. The lowest BCUT2D eigenvalue weighted by Gasteiger charge is -2.15. The lowest BCUT2D eigenvalue weighted by atomic mass is 10.1. The SMILES string of the molecule is C[C@H](NC(=O)NCc1ccccc1)c1cccc(Cl)c1. The van der Waals surface area contributed by atoms with Gasteiger partial charge in [0.1, 0.15) is 0 Å². The number of amides is 2. The van der Waals surface area contributed by atoms with Crippen molar-refractivity contribution in [2.24, 2.45) is 0 Å². The fourth-order valence-electron chi connectivity index (χ4n) is 1.89. The highest BCUT2D eigenvalue weighted by Crippen LogP contribution is 2.17. The number of benzene rings is 2. The van der Waals surface area contributed by atoms with Crippen LogP contribution >= 0.6 is 11.6 Å². The molecule has 0 radical (unpaired) electrons. The quantitative estimate of drug-likeness (QED) is 0.880. The molecule has 0 saturated carbocycles. The molecule has 0 heterocycles. The van der Waals surface area contributed by atoms with Gasteiger partial charge in [-0.2, -0.15) is 0 Å². The maximum absolute atomic E-state index is 11.8. The standard InChI is InChI=1S/C16H17ClN2O/c1-12(14-8-5-9-15(17)10-14)19-16(20)18-11-13-6-3-2-4-7-13/h2-10,12H,11H2,1H3,(H2,18,19,20)/t12-/m0/s1. The maximum Gasteiger partial charge on any atom is 0.315 e. The molecule has 104 valence electrons. The number of urea groups is 1. The highest BCUT2D eigenvalue weighted by molar-refractivity contribution is 6.30. The van der Waals surface area contributed by atoms with Crippen LogP contribution in [-0.4, -0.2) is 6.03 Å². The van der Waals surface area contributed by atoms with E-state index in [9.17, 15) is 4.79 Å². The zero-order chi connectivity index (χ0) is 14.4. The van der Waals surface area contributed by atoms with E-state index in [-0.39, 0.29) is 12.1 Å². The van der Waals surface area contributed by atoms with Gasteiger partial charge in [-0.3, -0.25) is 0 Å². The van der Waals surface area contributed by atoms with Crippen molar-refractivity contribution >= 4 is 17.6 Å². The molecule has 2 N–H and O–H groups in total. The summed E-state index contributed by atoms with van der Waals surface area (Å²) in [6.45, 7) is 2.43. The fourth-order valence-corrected chi connectivity index (χ4v) is 2.08. The van der Waals surface area contributed by atoms with E-state index in [1.54, 1.807) is 0 Å². The molecule has 0 aliphatic heterocycles. The molecule has 0 aliphatic rings. The Morgan fingerprint density at radius 1 is 1.15 bits per heavy atom. The predicted molar refractivity (Wildman–Crippen MR) is 81.7 cm³/mol. The Morgan fingerprint density at radius 3 is 2.60 bits per heavy atom. The van der Waals surface area contributed by atoms with E-state index in [0.717, 1.165) is 11.1 Å². The summed E-state index contributed by atoms with van der Waals surface area (Å²) in [5.74, 6) is 0. The molecule has 0 aromatic heterocycles. The molecule has 2 rings (SSSR count). The number of halogens is 1. The fraction of sp³-hybridized carbons (Fsp3) is 0.188. The first-order valence-electron chi connectivity index (χ1n) is 6.49. The lowest BCUT2D eigenvalue weighted by molar-refractivity contribution is 0.237. The van der Waals surface area contributed by atoms with Gasteiger partial charge in [0.15, 0.2) is 0 Å². The number of hydrogen-bond acceptors (Lipinski definition) is 1. The molecule has 4 heteroatoms. The van der Waals surface area contributed by atoms with Gasteiger partial charge in [-0.05, 0) is 30.2 Å². The van der Waals surface area contributed by atoms with Crippen LogP contribution in [0, 0.1) is 0 Å². The van der Waals surface area contributed by atoms with Crippen molar-refractivity contribution < 1.29 is 4.79 Å². The average molecular weight is 289 g/mol. The van der Waals surface area contributed by atoms with E-state index in [2.05, 4.69) is 10.6 Å². The highest BCUT2D eigenvalue weighted by Gasteiger charge is 2.09. The van der Waals surface area contributed by atoms with Crippen LogP contribution in [0.2, 0.25) is 5.02 Å². The van der Waals surface area contributed by atoms with Crippen molar-refractivity contribution in [3.05, 3.63) is 70.7 Å². The molecule has 2 aromatic carbocycles. The van der Waals surface area contributed by atoms with Crippen molar-refractivity contribution in [3.63, 3.8) is 0 Å². The van der Waals surface area contributed by atoms with Crippen LogP contribution in [0.1, 0.15) is 24.1 Å². The van der Waals surface area contributed by atoms with Crippen LogP contribution < -0.4 is 10.6 Å². The van der Waals surface area contributed by atoms with Crippen LogP contribution in [0.25, 0.3) is 0 Å². The zero-order valence-corrected chi connectivity index (χ0v) is 12.0. The van der Waals surface area contributed by atoms with Gasteiger partial charge in [-0.1, -0.05) is 54.1 Å². The Kier molecular flexibility index (Phi) is 5.02. The van der Waals surface area contributed by atoms with Crippen molar-refractivity contribution in [1.29, 1.82) is 0 Å². The van der Waals surface area contributed by atoms with Gasteiger partial charge >= 0.3 is 6.03 Å². The molecule has 20 heavy (non-hydrogen) atoms. The topological polar surface area (TPSA) is 41.1 Å². The first-order valence-corrected chi connectivity index (χ1v) is 6.86. The Balaban J connectivity index is 1.85. The molecule has 0 aliphatic carbocycles. The smallest absolute Gasteiger partial charge is 0.315 e. The Hall–Kier alpha value is -2.00. The molecule has 0 spiro atoms. The van der Waals surface area contributed by atoms with E-state index < -0.39 is 0 Å². The van der Waals surface area contributed by atoms with Crippen LogP contribution in [-0.2, 0) is 6.54 Å². The van der Waals surface area contributed by atoms with Gasteiger partial charge in [0, 0.05) is 11.6 Å². The second kappa shape index (κ2) is 6.96. The third kappa shape index (κ3) is 4.28. The molecule has 0 bridgehead atoms. The van der Waals surface area contributed by atoms with E-state index in [0.29, 0.717) is 11.6 Å². The minimum Gasteiger partial charge on any atom is -0.334 e. The molecule has 1 atom stereocenters. The van der Waals surface area contributed by atoms with Crippen LogP contribution in [0.3, 0.4) is 0 Å². The zero-order valence-electron chi connectivity index (χ0n) is 11.3. The summed E-state index contributed by atoms with van der Waals surface area (Å²) in [4.78, 5) is 11.8. The number of nitrogens with one attached hydrogen (secondary N) is 2. The van der Waals surface area contributed by atoms with Gasteiger partial charge in [-0.25, -0.2) is 4.79 Å². The van der Waals surface area contributed by atoms with E-state index in [4.69, 9.17) is 11.6 Å². The van der Waals surface area contributed by atoms with Crippen molar-refractivity contribution in [3.8, 4) is 0 Å². The first kappa shape index (κ1) is 14.4. The predicted octanol–water partition coefficient (Wildman–Crippen LogP) is 3.90. The highest BCUT2D eigenvalue weighted by atomic mass is 35.5. The maximum atomic E-state index is 11.8. The molecule has 3 nitrogen and oxygen atoms in total. The first-order chi connectivity index (χ1) is 9.65. The largest absolute Gasteiger partial charge is 0.334 e. The van der Waals surface area contributed by atoms with Gasteiger partial charge in [-0.15, -0.1) is 0 Å². The van der Waals surface area contributed by atoms with Gasteiger partial charge in [0.05, 0.1) is 6.04 Å². The molecule has 0 unspecified atom stereocenters. The molecule has 0 fully saturated rings. The molecule has 0 saturated heterocycles. The molecule has 2 aromatic rings. The second-order valence-electron chi connectivity index (χ2n) is 4.59. The van der Waals surface area contributed by atoms with Crippen molar-refractivity contribution in [1.82, 2.24) is 10.6 Å². The summed E-state index contributed by atoms with van der Waals surface area (Å²) in [6.07, 6.45) is 0. The van der Waals surface area contributed by atoms with Crippen LogP contribution in [0.4, 0.5) is 4.79 Å². The molecular formula is C16H17ClN2O. The Morgan fingerprint density at radius 2 is 1.90 bits per heavy atom. The van der Waals surface area contributed by atoms with Crippen LogP contribution in [0.5, 0.6) is 0 Å². The number of hydrogen-bond donors (Lipinski definition) is 2. The average Bonchev–Trinajstić information content (AvgIpc) is 2.46. The summed E-state index contributed by atoms with van der Waals surface area (Å²) in [7, 11) is 0. The Bertz CT molecular complexity index is 572. The van der Waals surface area contributed by atoms with E-state index >= 15 is 0 Å². The summed E-state index contributed by atoms with van der Waals surface area (Å²) in [6, 6.07) is 17.0. The monoisotopic (exact) mass is 288 g/mol. The van der Waals surface area contributed by atoms with E-state index in [1.807, 2.05) is 61.5 Å². The van der Waals surface area contributed by atoms with Gasteiger partial charge < -0.3 is 10.6 Å².